The van der Waals surface area contributed by atoms with Crippen LogP contribution in [0, 0.1) is 13.8 Å². The first-order valence-corrected chi connectivity index (χ1v) is 9.66. The second-order valence-corrected chi connectivity index (χ2v) is 7.69. The Bertz CT molecular complexity index is 852. The van der Waals surface area contributed by atoms with Crippen LogP contribution in [0.2, 0.25) is 0 Å². The van der Waals surface area contributed by atoms with Crippen LogP contribution in [0.15, 0.2) is 35.2 Å². The molecule has 0 aliphatic heterocycles. The fourth-order valence-corrected chi connectivity index (χ4v) is 4.04. The van der Waals surface area contributed by atoms with E-state index in [9.17, 15) is 8.42 Å². The van der Waals surface area contributed by atoms with Gasteiger partial charge in [-0.2, -0.15) is 0 Å². The normalized spacial score (nSPS) is 11.3. The Hall–Kier alpha value is -2.25. The SMILES string of the molecule is COc1cc(CCNS(=O)(=O)c2cc(C)ccc2C)cc(OC)c1OC. The molecule has 0 fully saturated rings. The van der Waals surface area contributed by atoms with Crippen LogP contribution in [0.4, 0.5) is 0 Å². The molecule has 26 heavy (non-hydrogen) atoms. The summed E-state index contributed by atoms with van der Waals surface area (Å²) >= 11 is 0. The van der Waals surface area contributed by atoms with Crippen molar-refractivity contribution in [2.24, 2.45) is 0 Å². The van der Waals surface area contributed by atoms with Crippen molar-refractivity contribution in [3.05, 3.63) is 47.0 Å². The summed E-state index contributed by atoms with van der Waals surface area (Å²) in [4.78, 5) is 0.308. The average Bonchev–Trinajstić information content (AvgIpc) is 2.62. The second-order valence-electron chi connectivity index (χ2n) is 5.95. The molecule has 142 valence electrons. The van der Waals surface area contributed by atoms with E-state index in [1.165, 1.54) is 0 Å². The maximum Gasteiger partial charge on any atom is 0.240 e. The highest BCUT2D eigenvalue weighted by atomic mass is 32.2. The van der Waals surface area contributed by atoms with E-state index in [0.29, 0.717) is 28.6 Å². The van der Waals surface area contributed by atoms with Gasteiger partial charge in [0.1, 0.15) is 0 Å². The maximum atomic E-state index is 12.6. The molecule has 0 aromatic heterocycles. The Kier molecular flexibility index (Phi) is 6.50. The highest BCUT2D eigenvalue weighted by Crippen LogP contribution is 2.38. The highest BCUT2D eigenvalue weighted by Gasteiger charge is 2.17. The summed E-state index contributed by atoms with van der Waals surface area (Å²) in [6, 6.07) is 9.01. The van der Waals surface area contributed by atoms with Crippen molar-refractivity contribution >= 4 is 10.0 Å². The van der Waals surface area contributed by atoms with Gasteiger partial charge in [0.05, 0.1) is 26.2 Å². The molecule has 7 heteroatoms. The van der Waals surface area contributed by atoms with Crippen molar-refractivity contribution < 1.29 is 22.6 Å². The van der Waals surface area contributed by atoms with Gasteiger partial charge in [-0.3, -0.25) is 0 Å². The van der Waals surface area contributed by atoms with Gasteiger partial charge in [0, 0.05) is 6.54 Å². The third-order valence-electron chi connectivity index (χ3n) is 4.06. The molecule has 0 heterocycles. The predicted molar refractivity (Wildman–Crippen MR) is 101 cm³/mol. The molecule has 0 amide bonds. The average molecular weight is 379 g/mol. The molecule has 0 radical (unpaired) electrons. The molecule has 0 atom stereocenters. The molecular weight excluding hydrogens is 354 g/mol. The lowest BCUT2D eigenvalue weighted by molar-refractivity contribution is 0.324. The predicted octanol–water partition coefficient (Wildman–Crippen LogP) is 2.85. The molecule has 0 aliphatic carbocycles. The number of aryl methyl sites for hydroxylation is 2. The number of sulfonamides is 1. The molecule has 2 aromatic carbocycles. The zero-order valence-electron chi connectivity index (χ0n) is 15.8. The van der Waals surface area contributed by atoms with Gasteiger partial charge >= 0.3 is 0 Å². The first-order valence-electron chi connectivity index (χ1n) is 8.18. The minimum absolute atomic E-state index is 0.258. The Morgan fingerprint density at radius 3 is 2.08 bits per heavy atom. The molecule has 1 N–H and O–H groups in total. The zero-order chi connectivity index (χ0) is 19.3. The summed E-state index contributed by atoms with van der Waals surface area (Å²) in [6.45, 7) is 3.91. The van der Waals surface area contributed by atoms with Gasteiger partial charge in [-0.25, -0.2) is 13.1 Å². The summed E-state index contributed by atoms with van der Waals surface area (Å²) < 4.78 is 43.7. The van der Waals surface area contributed by atoms with Gasteiger partial charge in [-0.05, 0) is 55.2 Å². The Morgan fingerprint density at radius 2 is 1.54 bits per heavy atom. The number of nitrogens with one attached hydrogen (secondary N) is 1. The molecular formula is C19H25NO5S. The van der Waals surface area contributed by atoms with Crippen molar-refractivity contribution in [2.75, 3.05) is 27.9 Å². The van der Waals surface area contributed by atoms with Crippen molar-refractivity contribution in [3.63, 3.8) is 0 Å². The maximum absolute atomic E-state index is 12.6. The van der Waals surface area contributed by atoms with Crippen molar-refractivity contribution in [2.45, 2.75) is 25.2 Å². The quantitative estimate of drug-likeness (QED) is 0.763. The van der Waals surface area contributed by atoms with Crippen molar-refractivity contribution in [1.29, 1.82) is 0 Å². The van der Waals surface area contributed by atoms with Crippen LogP contribution < -0.4 is 18.9 Å². The van der Waals surface area contributed by atoms with Gasteiger partial charge in [-0.1, -0.05) is 12.1 Å². The summed E-state index contributed by atoms with van der Waals surface area (Å²) in [5.41, 5.74) is 2.50. The fraction of sp³-hybridized carbons (Fsp3) is 0.368. The topological polar surface area (TPSA) is 73.9 Å². The largest absolute Gasteiger partial charge is 0.493 e. The smallest absolute Gasteiger partial charge is 0.240 e. The van der Waals surface area contributed by atoms with Gasteiger partial charge in [0.15, 0.2) is 11.5 Å². The van der Waals surface area contributed by atoms with Crippen LogP contribution in [0.25, 0.3) is 0 Å². The van der Waals surface area contributed by atoms with Crippen molar-refractivity contribution in [1.82, 2.24) is 4.72 Å². The third-order valence-corrected chi connectivity index (χ3v) is 5.67. The monoisotopic (exact) mass is 379 g/mol. The van der Waals surface area contributed by atoms with Crippen molar-refractivity contribution in [3.8, 4) is 17.2 Å². The Balaban J connectivity index is 2.15. The summed E-state index contributed by atoms with van der Waals surface area (Å²) in [5.74, 6) is 1.59. The first-order chi connectivity index (χ1) is 12.3. The Labute approximate surface area is 155 Å². The van der Waals surface area contributed by atoms with Crippen LogP contribution in [-0.4, -0.2) is 36.3 Å². The van der Waals surface area contributed by atoms with Crippen LogP contribution in [-0.2, 0) is 16.4 Å². The van der Waals surface area contributed by atoms with E-state index < -0.39 is 10.0 Å². The van der Waals surface area contributed by atoms with E-state index in [0.717, 1.165) is 16.7 Å². The van der Waals surface area contributed by atoms with E-state index in [1.807, 2.05) is 31.2 Å². The van der Waals surface area contributed by atoms with Crippen LogP contribution in [0.1, 0.15) is 16.7 Å². The van der Waals surface area contributed by atoms with E-state index in [4.69, 9.17) is 14.2 Å². The lowest BCUT2D eigenvalue weighted by Gasteiger charge is -2.14. The number of hydrogen-bond acceptors (Lipinski definition) is 5. The van der Waals surface area contributed by atoms with Crippen LogP contribution >= 0.6 is 0 Å². The lowest BCUT2D eigenvalue weighted by atomic mass is 10.1. The van der Waals surface area contributed by atoms with E-state index in [-0.39, 0.29) is 6.54 Å². The van der Waals surface area contributed by atoms with Gasteiger partial charge in [0.25, 0.3) is 0 Å². The molecule has 0 aliphatic rings. The van der Waals surface area contributed by atoms with Gasteiger partial charge in [-0.15, -0.1) is 0 Å². The number of rotatable bonds is 8. The zero-order valence-corrected chi connectivity index (χ0v) is 16.6. The molecule has 0 spiro atoms. The molecule has 0 unspecified atom stereocenters. The number of hydrogen-bond donors (Lipinski definition) is 1. The summed E-state index contributed by atoms with van der Waals surface area (Å²) in [7, 11) is 1.07. The minimum atomic E-state index is -3.56. The molecule has 2 rings (SSSR count). The third kappa shape index (κ3) is 4.47. The summed E-state index contributed by atoms with van der Waals surface area (Å²) in [6.07, 6.45) is 0.487. The number of ether oxygens (including phenoxy) is 3. The fourth-order valence-electron chi connectivity index (χ4n) is 2.68. The lowest BCUT2D eigenvalue weighted by Crippen LogP contribution is -2.26. The summed E-state index contributed by atoms with van der Waals surface area (Å²) in [5, 5.41) is 0. The van der Waals surface area contributed by atoms with Gasteiger partial charge < -0.3 is 14.2 Å². The number of methoxy groups -OCH3 is 3. The molecule has 6 nitrogen and oxygen atoms in total. The Morgan fingerprint density at radius 1 is 0.923 bits per heavy atom. The molecule has 0 saturated heterocycles. The molecule has 0 saturated carbocycles. The van der Waals surface area contributed by atoms with E-state index in [1.54, 1.807) is 34.3 Å². The second kappa shape index (κ2) is 8.42. The minimum Gasteiger partial charge on any atom is -0.493 e. The van der Waals surface area contributed by atoms with Crippen LogP contribution in [0.5, 0.6) is 17.2 Å². The van der Waals surface area contributed by atoms with Crippen LogP contribution in [0.3, 0.4) is 0 Å². The van der Waals surface area contributed by atoms with Gasteiger partial charge in [0.2, 0.25) is 15.8 Å². The van der Waals surface area contributed by atoms with E-state index in [2.05, 4.69) is 4.72 Å². The highest BCUT2D eigenvalue weighted by molar-refractivity contribution is 7.89. The standard InChI is InChI=1S/C19H25NO5S/c1-13-6-7-14(2)18(10-13)26(21,22)20-9-8-15-11-16(23-3)19(25-5)17(12-15)24-4/h6-7,10-12,20H,8-9H2,1-5H3. The molecule has 0 bridgehead atoms. The first kappa shape index (κ1) is 20.1. The molecule has 2 aromatic rings. The van der Waals surface area contributed by atoms with E-state index >= 15 is 0 Å². The number of benzene rings is 2.